The van der Waals surface area contributed by atoms with Crippen LogP contribution in [0.5, 0.6) is 0 Å². The second-order valence-corrected chi connectivity index (χ2v) is 4.75. The number of aromatic nitrogens is 4. The number of halogens is 3. The topological polar surface area (TPSA) is 77.6 Å². The van der Waals surface area contributed by atoms with E-state index in [0.29, 0.717) is 16.8 Å². The summed E-state index contributed by atoms with van der Waals surface area (Å²) in [4.78, 5) is 7.95. The fourth-order valence-corrected chi connectivity index (χ4v) is 2.10. The highest BCUT2D eigenvalue weighted by Gasteiger charge is 2.15. The molecule has 1 aromatic carbocycles. The summed E-state index contributed by atoms with van der Waals surface area (Å²) in [5.74, 6) is -2.02. The molecule has 2 aromatic heterocycles. The largest absolute Gasteiger partial charge is 0.366 e. The average Bonchev–Trinajstić information content (AvgIpc) is 2.50. The van der Waals surface area contributed by atoms with Crippen LogP contribution in [0.4, 0.5) is 14.7 Å². The highest BCUT2D eigenvalue weighted by molar-refractivity contribution is 6.29. The first-order valence-corrected chi connectivity index (χ1v) is 6.50. The van der Waals surface area contributed by atoms with Gasteiger partial charge in [-0.1, -0.05) is 11.6 Å². The van der Waals surface area contributed by atoms with Crippen molar-refractivity contribution in [3.05, 3.63) is 53.3 Å². The van der Waals surface area contributed by atoms with Gasteiger partial charge >= 0.3 is 0 Å². The molecule has 5 nitrogen and oxygen atoms in total. The van der Waals surface area contributed by atoms with Gasteiger partial charge in [-0.05, 0) is 30.3 Å². The standard InChI is InChI=1S/C14H8ClF2N5/c15-11-6-8(3-4-19-11)13-12(20-14(18)22-21-13)7-1-2-9(16)10(17)5-7/h1-6H,(H2,18,20,22). The highest BCUT2D eigenvalue weighted by Crippen LogP contribution is 2.30. The predicted octanol–water partition coefficient (Wildman–Crippen LogP) is 3.11. The minimum absolute atomic E-state index is 0.0800. The van der Waals surface area contributed by atoms with Gasteiger partial charge in [-0.2, -0.15) is 0 Å². The van der Waals surface area contributed by atoms with Gasteiger partial charge in [0.05, 0.1) is 0 Å². The Morgan fingerprint density at radius 2 is 1.68 bits per heavy atom. The van der Waals surface area contributed by atoms with Crippen molar-refractivity contribution in [3.8, 4) is 22.5 Å². The van der Waals surface area contributed by atoms with E-state index in [0.717, 1.165) is 12.1 Å². The summed E-state index contributed by atoms with van der Waals surface area (Å²) in [6.07, 6.45) is 1.49. The lowest BCUT2D eigenvalue weighted by Gasteiger charge is -2.08. The van der Waals surface area contributed by atoms with Crippen molar-refractivity contribution >= 4 is 17.5 Å². The molecule has 0 bridgehead atoms. The zero-order chi connectivity index (χ0) is 15.7. The fourth-order valence-electron chi connectivity index (χ4n) is 1.93. The number of benzene rings is 1. The van der Waals surface area contributed by atoms with E-state index in [1.165, 1.54) is 12.3 Å². The molecule has 2 heterocycles. The molecule has 0 fully saturated rings. The van der Waals surface area contributed by atoms with Crippen molar-refractivity contribution in [2.75, 3.05) is 5.73 Å². The Hall–Kier alpha value is -2.67. The van der Waals surface area contributed by atoms with E-state index in [9.17, 15) is 8.78 Å². The number of nitrogens with two attached hydrogens (primary N) is 1. The number of nitrogen functional groups attached to an aromatic ring is 1. The summed E-state index contributed by atoms with van der Waals surface area (Å²) in [7, 11) is 0. The van der Waals surface area contributed by atoms with Crippen molar-refractivity contribution in [1.82, 2.24) is 20.2 Å². The summed E-state index contributed by atoms with van der Waals surface area (Å²) in [6.45, 7) is 0. The second-order valence-electron chi connectivity index (χ2n) is 4.36. The Bertz CT molecular complexity index is 856. The predicted molar refractivity (Wildman–Crippen MR) is 77.8 cm³/mol. The number of rotatable bonds is 2. The molecule has 0 spiro atoms. The van der Waals surface area contributed by atoms with E-state index < -0.39 is 11.6 Å². The van der Waals surface area contributed by atoms with Crippen molar-refractivity contribution < 1.29 is 8.78 Å². The van der Waals surface area contributed by atoms with Crippen LogP contribution in [-0.4, -0.2) is 20.2 Å². The van der Waals surface area contributed by atoms with Gasteiger partial charge < -0.3 is 5.73 Å². The van der Waals surface area contributed by atoms with Gasteiger partial charge in [0.1, 0.15) is 16.5 Å². The molecule has 0 saturated carbocycles. The minimum atomic E-state index is -0.992. The van der Waals surface area contributed by atoms with Gasteiger partial charge in [0.2, 0.25) is 5.95 Å². The Kier molecular flexibility index (Phi) is 3.64. The maximum atomic E-state index is 13.5. The number of anilines is 1. The Morgan fingerprint density at radius 3 is 2.41 bits per heavy atom. The van der Waals surface area contributed by atoms with Crippen LogP contribution in [0.1, 0.15) is 0 Å². The van der Waals surface area contributed by atoms with Crippen molar-refractivity contribution in [2.45, 2.75) is 0 Å². The first-order valence-electron chi connectivity index (χ1n) is 6.12. The van der Waals surface area contributed by atoms with Crippen LogP contribution >= 0.6 is 11.6 Å². The van der Waals surface area contributed by atoms with E-state index in [4.69, 9.17) is 17.3 Å². The lowest BCUT2D eigenvalue weighted by atomic mass is 10.1. The first-order chi connectivity index (χ1) is 10.5. The zero-order valence-electron chi connectivity index (χ0n) is 11.0. The van der Waals surface area contributed by atoms with Gasteiger partial charge in [-0.3, -0.25) is 0 Å². The molecule has 0 saturated heterocycles. The maximum absolute atomic E-state index is 13.5. The van der Waals surface area contributed by atoms with Gasteiger partial charge in [0, 0.05) is 17.3 Å². The molecule has 0 aliphatic heterocycles. The van der Waals surface area contributed by atoms with E-state index >= 15 is 0 Å². The molecule has 110 valence electrons. The molecule has 8 heteroatoms. The van der Waals surface area contributed by atoms with Crippen LogP contribution in [0, 0.1) is 11.6 Å². The quantitative estimate of drug-likeness (QED) is 0.734. The maximum Gasteiger partial charge on any atom is 0.240 e. The molecular weight excluding hydrogens is 312 g/mol. The van der Waals surface area contributed by atoms with E-state index in [2.05, 4.69) is 20.2 Å². The molecule has 2 N–H and O–H groups in total. The molecule has 0 unspecified atom stereocenters. The minimum Gasteiger partial charge on any atom is -0.366 e. The summed E-state index contributed by atoms with van der Waals surface area (Å²) in [5.41, 5.74) is 7.06. The van der Waals surface area contributed by atoms with Crippen molar-refractivity contribution in [1.29, 1.82) is 0 Å². The number of hydrogen-bond acceptors (Lipinski definition) is 5. The number of nitrogens with zero attached hydrogens (tertiary/aromatic N) is 4. The van der Waals surface area contributed by atoms with Crippen molar-refractivity contribution in [2.24, 2.45) is 0 Å². The Morgan fingerprint density at radius 1 is 0.909 bits per heavy atom. The second kappa shape index (κ2) is 5.61. The van der Waals surface area contributed by atoms with Crippen LogP contribution in [0.25, 0.3) is 22.5 Å². The summed E-state index contributed by atoms with van der Waals surface area (Å²) in [6, 6.07) is 6.62. The van der Waals surface area contributed by atoms with Crippen LogP contribution in [0.2, 0.25) is 5.15 Å². The van der Waals surface area contributed by atoms with Crippen LogP contribution in [-0.2, 0) is 0 Å². The molecule has 3 rings (SSSR count). The molecule has 22 heavy (non-hydrogen) atoms. The molecule has 3 aromatic rings. The summed E-state index contributed by atoms with van der Waals surface area (Å²) >= 11 is 5.86. The lowest BCUT2D eigenvalue weighted by molar-refractivity contribution is 0.509. The van der Waals surface area contributed by atoms with E-state index in [-0.39, 0.29) is 16.8 Å². The van der Waals surface area contributed by atoms with Gasteiger partial charge in [-0.15, -0.1) is 10.2 Å². The Labute approximate surface area is 128 Å². The molecule has 0 aliphatic carbocycles. The molecule has 0 radical (unpaired) electrons. The highest BCUT2D eigenvalue weighted by atomic mass is 35.5. The monoisotopic (exact) mass is 319 g/mol. The molecule has 0 aliphatic rings. The van der Waals surface area contributed by atoms with Gasteiger partial charge in [0.15, 0.2) is 11.6 Å². The lowest BCUT2D eigenvalue weighted by Crippen LogP contribution is -2.02. The zero-order valence-corrected chi connectivity index (χ0v) is 11.7. The van der Waals surface area contributed by atoms with E-state index in [1.54, 1.807) is 12.1 Å². The molecule has 0 atom stereocenters. The third-order valence-electron chi connectivity index (χ3n) is 2.90. The van der Waals surface area contributed by atoms with Gasteiger partial charge in [0.25, 0.3) is 0 Å². The number of hydrogen-bond donors (Lipinski definition) is 1. The molecule has 0 amide bonds. The van der Waals surface area contributed by atoms with Crippen molar-refractivity contribution in [3.63, 3.8) is 0 Å². The van der Waals surface area contributed by atoms with Gasteiger partial charge in [-0.25, -0.2) is 18.7 Å². The SMILES string of the molecule is Nc1nnc(-c2ccnc(Cl)c2)c(-c2ccc(F)c(F)c2)n1. The van der Waals surface area contributed by atoms with Crippen LogP contribution < -0.4 is 5.73 Å². The third-order valence-corrected chi connectivity index (χ3v) is 3.10. The normalized spacial score (nSPS) is 10.7. The average molecular weight is 320 g/mol. The third kappa shape index (κ3) is 2.71. The summed E-state index contributed by atoms with van der Waals surface area (Å²) in [5, 5.41) is 7.93. The van der Waals surface area contributed by atoms with Crippen LogP contribution in [0.3, 0.4) is 0 Å². The Balaban J connectivity index is 2.22. The fraction of sp³-hybridized carbons (Fsp3) is 0. The molecular formula is C14H8ClF2N5. The van der Waals surface area contributed by atoms with E-state index in [1.807, 2.05) is 0 Å². The number of pyridine rings is 1. The first kappa shape index (κ1) is 14.3. The summed E-state index contributed by atoms with van der Waals surface area (Å²) < 4.78 is 26.6. The smallest absolute Gasteiger partial charge is 0.240 e. The van der Waals surface area contributed by atoms with Crippen LogP contribution in [0.15, 0.2) is 36.5 Å².